The van der Waals surface area contributed by atoms with Gasteiger partial charge in [0.25, 0.3) is 0 Å². The Labute approximate surface area is 76.8 Å². The molecule has 0 aromatic carbocycles. The van der Waals surface area contributed by atoms with E-state index in [9.17, 15) is 9.59 Å². The Morgan fingerprint density at radius 1 is 1.38 bits per heavy atom. The molecular weight excluding hydrogens is 166 g/mol. The topological polar surface area (TPSA) is 47.0 Å². The average Bonchev–Trinajstić information content (AvgIpc) is 2.03. The zero-order chi connectivity index (χ0) is 9.84. The summed E-state index contributed by atoms with van der Waals surface area (Å²) < 4.78 is 0. The van der Waals surface area contributed by atoms with Gasteiger partial charge in [-0.15, -0.1) is 0 Å². The molecule has 1 rings (SSSR count). The van der Waals surface area contributed by atoms with Crippen LogP contribution in [-0.2, 0) is 11.2 Å². The Morgan fingerprint density at radius 3 is 2.62 bits per heavy atom. The lowest BCUT2D eigenvalue weighted by Crippen LogP contribution is -2.01. The van der Waals surface area contributed by atoms with E-state index in [-0.39, 0.29) is 11.6 Å². The van der Waals surface area contributed by atoms with E-state index in [0.29, 0.717) is 17.7 Å². The molecular formula is C10H11NO2. The standard InChI is InChI=1S/C10H11NO2/c1-7(12)5-10-6-9(8(2)13)3-4-11-10/h3-4,6H,5H2,1-2H3. The fourth-order valence-electron chi connectivity index (χ4n) is 1.05. The van der Waals surface area contributed by atoms with Crippen molar-refractivity contribution in [3.63, 3.8) is 0 Å². The summed E-state index contributed by atoms with van der Waals surface area (Å²) in [4.78, 5) is 25.7. The van der Waals surface area contributed by atoms with Crippen molar-refractivity contribution >= 4 is 11.6 Å². The molecule has 0 unspecified atom stereocenters. The van der Waals surface area contributed by atoms with Gasteiger partial charge in [0, 0.05) is 23.9 Å². The molecule has 1 heterocycles. The Kier molecular flexibility index (Phi) is 2.90. The highest BCUT2D eigenvalue weighted by Gasteiger charge is 2.03. The van der Waals surface area contributed by atoms with Crippen LogP contribution >= 0.6 is 0 Å². The van der Waals surface area contributed by atoms with Crippen LogP contribution in [0.5, 0.6) is 0 Å². The van der Waals surface area contributed by atoms with Gasteiger partial charge >= 0.3 is 0 Å². The first-order valence-corrected chi connectivity index (χ1v) is 4.05. The number of pyridine rings is 1. The predicted octanol–water partition coefficient (Wildman–Crippen LogP) is 1.42. The van der Waals surface area contributed by atoms with Crippen LogP contribution in [0.15, 0.2) is 18.3 Å². The van der Waals surface area contributed by atoms with Crippen molar-refractivity contribution in [2.24, 2.45) is 0 Å². The molecule has 1 aromatic rings. The van der Waals surface area contributed by atoms with Gasteiger partial charge in [-0.3, -0.25) is 14.6 Å². The molecule has 0 aliphatic carbocycles. The molecule has 13 heavy (non-hydrogen) atoms. The molecule has 0 saturated heterocycles. The lowest BCUT2D eigenvalue weighted by atomic mass is 10.1. The average molecular weight is 177 g/mol. The minimum Gasteiger partial charge on any atom is -0.300 e. The quantitative estimate of drug-likeness (QED) is 0.656. The van der Waals surface area contributed by atoms with Crippen LogP contribution in [0.1, 0.15) is 29.9 Å². The summed E-state index contributed by atoms with van der Waals surface area (Å²) in [6.45, 7) is 3.00. The first-order valence-electron chi connectivity index (χ1n) is 4.05. The number of nitrogens with zero attached hydrogens (tertiary/aromatic N) is 1. The van der Waals surface area contributed by atoms with Crippen molar-refractivity contribution in [1.82, 2.24) is 4.98 Å². The Morgan fingerprint density at radius 2 is 2.08 bits per heavy atom. The maximum atomic E-state index is 11.0. The van der Waals surface area contributed by atoms with E-state index in [1.165, 1.54) is 13.8 Å². The molecule has 1 aromatic heterocycles. The second-order valence-corrected chi connectivity index (χ2v) is 2.97. The van der Waals surface area contributed by atoms with Gasteiger partial charge in [-0.1, -0.05) is 0 Å². The normalized spacial score (nSPS) is 9.69. The van der Waals surface area contributed by atoms with Crippen LogP contribution in [0, 0.1) is 0 Å². The van der Waals surface area contributed by atoms with Crippen LogP contribution in [0.2, 0.25) is 0 Å². The van der Waals surface area contributed by atoms with Crippen molar-refractivity contribution < 1.29 is 9.59 Å². The van der Waals surface area contributed by atoms with E-state index in [1.807, 2.05) is 0 Å². The van der Waals surface area contributed by atoms with Gasteiger partial charge in [0.15, 0.2) is 5.78 Å². The molecule has 0 spiro atoms. The van der Waals surface area contributed by atoms with E-state index in [0.717, 1.165) is 0 Å². The van der Waals surface area contributed by atoms with Gasteiger partial charge in [-0.05, 0) is 26.0 Å². The summed E-state index contributed by atoms with van der Waals surface area (Å²) in [5.74, 6) is 0.0420. The summed E-state index contributed by atoms with van der Waals surface area (Å²) in [7, 11) is 0. The highest BCUT2D eigenvalue weighted by molar-refractivity contribution is 5.94. The predicted molar refractivity (Wildman–Crippen MR) is 48.6 cm³/mol. The SMILES string of the molecule is CC(=O)Cc1cc(C(C)=O)ccn1. The third kappa shape index (κ3) is 2.78. The number of carbonyl (C=O) groups is 2. The largest absolute Gasteiger partial charge is 0.300 e. The summed E-state index contributed by atoms with van der Waals surface area (Å²) in [5, 5.41) is 0. The molecule has 3 nitrogen and oxygen atoms in total. The van der Waals surface area contributed by atoms with Crippen molar-refractivity contribution in [2.75, 3.05) is 0 Å². The molecule has 0 atom stereocenters. The minimum atomic E-state index is -0.00722. The van der Waals surface area contributed by atoms with Gasteiger partial charge in [0.05, 0.1) is 0 Å². The minimum absolute atomic E-state index is 0.00722. The molecule has 68 valence electrons. The molecule has 0 N–H and O–H groups in total. The lowest BCUT2D eigenvalue weighted by molar-refractivity contribution is -0.116. The molecule has 0 radical (unpaired) electrons. The second kappa shape index (κ2) is 3.94. The van der Waals surface area contributed by atoms with Crippen LogP contribution in [0.25, 0.3) is 0 Å². The Bertz CT molecular complexity index is 345. The summed E-state index contributed by atoms with van der Waals surface area (Å²) in [6, 6.07) is 3.30. The number of rotatable bonds is 3. The third-order valence-corrected chi connectivity index (χ3v) is 1.65. The van der Waals surface area contributed by atoms with Crippen LogP contribution in [-0.4, -0.2) is 16.6 Å². The van der Waals surface area contributed by atoms with Gasteiger partial charge in [0.2, 0.25) is 0 Å². The van der Waals surface area contributed by atoms with Crippen LogP contribution < -0.4 is 0 Å². The third-order valence-electron chi connectivity index (χ3n) is 1.65. The number of hydrogen-bond donors (Lipinski definition) is 0. The van der Waals surface area contributed by atoms with Crippen LogP contribution in [0.3, 0.4) is 0 Å². The van der Waals surface area contributed by atoms with Gasteiger partial charge in [-0.2, -0.15) is 0 Å². The van der Waals surface area contributed by atoms with Crippen molar-refractivity contribution in [3.8, 4) is 0 Å². The second-order valence-electron chi connectivity index (χ2n) is 2.97. The van der Waals surface area contributed by atoms with E-state index >= 15 is 0 Å². The number of Topliss-reactive ketones (excluding diaryl/α,β-unsaturated/α-hetero) is 2. The van der Waals surface area contributed by atoms with E-state index in [2.05, 4.69) is 4.98 Å². The smallest absolute Gasteiger partial charge is 0.159 e. The first kappa shape index (κ1) is 9.58. The van der Waals surface area contributed by atoms with Gasteiger partial charge in [-0.25, -0.2) is 0 Å². The lowest BCUT2D eigenvalue weighted by Gasteiger charge is -1.98. The monoisotopic (exact) mass is 177 g/mol. The number of carbonyl (C=O) groups excluding carboxylic acids is 2. The summed E-state index contributed by atoms with van der Waals surface area (Å²) in [5.41, 5.74) is 1.26. The fraction of sp³-hybridized carbons (Fsp3) is 0.300. The van der Waals surface area contributed by atoms with Gasteiger partial charge in [0.1, 0.15) is 5.78 Å². The molecule has 0 aliphatic rings. The molecule has 0 amide bonds. The van der Waals surface area contributed by atoms with Crippen molar-refractivity contribution in [3.05, 3.63) is 29.6 Å². The summed E-state index contributed by atoms with van der Waals surface area (Å²) in [6.07, 6.45) is 1.84. The Hall–Kier alpha value is -1.51. The maximum Gasteiger partial charge on any atom is 0.159 e. The molecule has 0 saturated carbocycles. The highest BCUT2D eigenvalue weighted by Crippen LogP contribution is 2.03. The maximum absolute atomic E-state index is 11.0. The zero-order valence-electron chi connectivity index (χ0n) is 7.70. The molecule has 0 bridgehead atoms. The molecule has 3 heteroatoms. The van der Waals surface area contributed by atoms with E-state index in [1.54, 1.807) is 18.3 Å². The Balaban J connectivity index is 2.91. The molecule has 0 aliphatic heterocycles. The van der Waals surface area contributed by atoms with Crippen LogP contribution in [0.4, 0.5) is 0 Å². The highest BCUT2D eigenvalue weighted by atomic mass is 16.1. The number of ketones is 2. The molecule has 0 fully saturated rings. The van der Waals surface area contributed by atoms with Crippen molar-refractivity contribution in [1.29, 1.82) is 0 Å². The first-order chi connectivity index (χ1) is 6.09. The fourth-order valence-corrected chi connectivity index (χ4v) is 1.05. The number of hydrogen-bond acceptors (Lipinski definition) is 3. The van der Waals surface area contributed by atoms with E-state index in [4.69, 9.17) is 0 Å². The van der Waals surface area contributed by atoms with Crippen molar-refractivity contribution in [2.45, 2.75) is 20.3 Å². The van der Waals surface area contributed by atoms with E-state index < -0.39 is 0 Å². The number of aromatic nitrogens is 1. The van der Waals surface area contributed by atoms with Gasteiger partial charge < -0.3 is 0 Å². The zero-order valence-corrected chi connectivity index (χ0v) is 7.70. The summed E-state index contributed by atoms with van der Waals surface area (Å²) >= 11 is 0.